The largest absolute Gasteiger partial charge is 0.295 e. The van der Waals surface area contributed by atoms with Gasteiger partial charge in [-0.3, -0.25) is 9.59 Å². The van der Waals surface area contributed by atoms with E-state index in [1.807, 2.05) is 20.8 Å². The van der Waals surface area contributed by atoms with E-state index in [1.165, 1.54) is 6.08 Å². The quantitative estimate of drug-likeness (QED) is 0.596. The van der Waals surface area contributed by atoms with Gasteiger partial charge in [-0.1, -0.05) is 20.8 Å². The summed E-state index contributed by atoms with van der Waals surface area (Å²) in [5.41, 5.74) is 0.351. The third-order valence-corrected chi connectivity index (χ3v) is 1.95. The number of Topliss-reactive ketones (excluding diaryl/α,β-unsaturated/α-hetero) is 1. The van der Waals surface area contributed by atoms with Crippen LogP contribution in [0.15, 0.2) is 11.6 Å². The Hall–Kier alpha value is -0.920. The summed E-state index contributed by atoms with van der Waals surface area (Å²) in [6.45, 7) is 5.62. The van der Waals surface area contributed by atoms with E-state index < -0.39 is 0 Å². The third kappa shape index (κ3) is 1.81. The topological polar surface area (TPSA) is 34.1 Å². The molecular formula is C10H14O2. The van der Waals surface area contributed by atoms with Gasteiger partial charge in [0.1, 0.15) is 0 Å². The molecule has 0 radical (unpaired) electrons. The van der Waals surface area contributed by atoms with Crippen molar-refractivity contribution in [1.82, 2.24) is 0 Å². The Labute approximate surface area is 72.7 Å². The first-order valence-electron chi connectivity index (χ1n) is 4.19. The molecule has 0 amide bonds. The Balaban J connectivity index is 2.79. The monoisotopic (exact) mass is 166 g/mol. The van der Waals surface area contributed by atoms with Crippen molar-refractivity contribution in [2.45, 2.75) is 33.6 Å². The molecule has 2 nitrogen and oxygen atoms in total. The summed E-state index contributed by atoms with van der Waals surface area (Å²) in [6, 6.07) is 0. The number of ketones is 2. The molecule has 0 N–H and O–H groups in total. The summed E-state index contributed by atoms with van der Waals surface area (Å²) in [5.74, 6) is 0.191. The van der Waals surface area contributed by atoms with Crippen LogP contribution in [0.2, 0.25) is 0 Å². The smallest absolute Gasteiger partial charge is 0.164 e. The Morgan fingerprint density at radius 2 is 1.92 bits per heavy atom. The number of allylic oxidation sites excluding steroid dienone is 2. The van der Waals surface area contributed by atoms with Crippen LogP contribution >= 0.6 is 0 Å². The first-order valence-corrected chi connectivity index (χ1v) is 4.19. The van der Waals surface area contributed by atoms with E-state index in [2.05, 4.69) is 0 Å². The lowest BCUT2D eigenvalue weighted by molar-refractivity contribution is -0.122. The number of rotatable bonds is 1. The highest BCUT2D eigenvalue weighted by Gasteiger charge is 2.27. The molecule has 1 rings (SSSR count). The standard InChI is InChI=1S/C10H14O2/c1-10(2,3)9(12)7-4-5-8(11)6-7/h6H,4-5H2,1-3H3. The molecule has 0 atom stereocenters. The maximum absolute atomic E-state index is 11.6. The second-order valence-electron chi connectivity index (χ2n) is 4.22. The van der Waals surface area contributed by atoms with Gasteiger partial charge in [-0.2, -0.15) is 0 Å². The first kappa shape index (κ1) is 9.17. The summed E-state index contributed by atoms with van der Waals surface area (Å²) in [4.78, 5) is 22.4. The Kier molecular flexibility index (Phi) is 2.18. The lowest BCUT2D eigenvalue weighted by Crippen LogP contribution is -2.21. The molecule has 0 aromatic carbocycles. The van der Waals surface area contributed by atoms with Crippen LogP contribution in [-0.4, -0.2) is 11.6 Å². The second-order valence-corrected chi connectivity index (χ2v) is 4.22. The zero-order chi connectivity index (χ0) is 9.35. The maximum Gasteiger partial charge on any atom is 0.164 e. The fraction of sp³-hybridized carbons (Fsp3) is 0.600. The van der Waals surface area contributed by atoms with Crippen molar-refractivity contribution in [3.63, 3.8) is 0 Å². The first-order chi connectivity index (χ1) is 5.41. The number of carbonyl (C=O) groups is 2. The van der Waals surface area contributed by atoms with Crippen LogP contribution in [0.1, 0.15) is 33.6 Å². The molecule has 0 aliphatic heterocycles. The van der Waals surface area contributed by atoms with Gasteiger partial charge in [-0.15, -0.1) is 0 Å². The SMILES string of the molecule is CC(C)(C)C(=O)C1=CC(=O)CC1. The van der Waals surface area contributed by atoms with E-state index >= 15 is 0 Å². The highest BCUT2D eigenvalue weighted by atomic mass is 16.1. The van der Waals surface area contributed by atoms with E-state index in [4.69, 9.17) is 0 Å². The van der Waals surface area contributed by atoms with Crippen LogP contribution in [0.5, 0.6) is 0 Å². The van der Waals surface area contributed by atoms with Crippen molar-refractivity contribution < 1.29 is 9.59 Å². The van der Waals surface area contributed by atoms with Crippen molar-refractivity contribution in [3.8, 4) is 0 Å². The summed E-state index contributed by atoms with van der Waals surface area (Å²) in [6.07, 6.45) is 2.64. The molecule has 0 bridgehead atoms. The number of hydrogen-bond acceptors (Lipinski definition) is 2. The van der Waals surface area contributed by atoms with Crippen LogP contribution in [-0.2, 0) is 9.59 Å². The van der Waals surface area contributed by atoms with E-state index in [0.717, 1.165) is 0 Å². The van der Waals surface area contributed by atoms with E-state index in [1.54, 1.807) is 0 Å². The summed E-state index contributed by atoms with van der Waals surface area (Å²) < 4.78 is 0. The molecule has 0 saturated carbocycles. The van der Waals surface area contributed by atoms with Crippen molar-refractivity contribution in [2.75, 3.05) is 0 Å². The van der Waals surface area contributed by atoms with E-state index in [0.29, 0.717) is 18.4 Å². The van der Waals surface area contributed by atoms with Gasteiger partial charge >= 0.3 is 0 Å². The maximum atomic E-state index is 11.6. The van der Waals surface area contributed by atoms with Crippen molar-refractivity contribution in [1.29, 1.82) is 0 Å². The van der Waals surface area contributed by atoms with E-state index in [-0.39, 0.29) is 17.0 Å². The molecule has 2 heteroatoms. The second kappa shape index (κ2) is 2.85. The molecule has 0 spiro atoms. The predicted octanol–water partition coefficient (Wildman–Crippen LogP) is 1.89. The van der Waals surface area contributed by atoms with Gasteiger partial charge in [0.15, 0.2) is 11.6 Å². The molecule has 0 fully saturated rings. The molecule has 0 unspecified atom stereocenters. The zero-order valence-electron chi connectivity index (χ0n) is 7.81. The lowest BCUT2D eigenvalue weighted by atomic mass is 9.86. The molecule has 1 aliphatic carbocycles. The molecule has 0 saturated heterocycles. The van der Waals surface area contributed by atoms with Gasteiger partial charge in [-0.25, -0.2) is 0 Å². The van der Waals surface area contributed by atoms with Crippen LogP contribution in [0.25, 0.3) is 0 Å². The Morgan fingerprint density at radius 3 is 2.25 bits per heavy atom. The fourth-order valence-electron chi connectivity index (χ4n) is 1.26. The van der Waals surface area contributed by atoms with Gasteiger partial charge in [0, 0.05) is 11.8 Å². The molecule has 0 aromatic heterocycles. The molecule has 12 heavy (non-hydrogen) atoms. The Bertz CT molecular complexity index is 254. The van der Waals surface area contributed by atoms with Crippen molar-refractivity contribution >= 4 is 11.6 Å². The molecular weight excluding hydrogens is 152 g/mol. The predicted molar refractivity (Wildman–Crippen MR) is 46.8 cm³/mol. The number of carbonyl (C=O) groups excluding carboxylic acids is 2. The van der Waals surface area contributed by atoms with Gasteiger partial charge in [0.05, 0.1) is 0 Å². The average molecular weight is 166 g/mol. The minimum absolute atomic E-state index is 0.0857. The average Bonchev–Trinajstić information content (AvgIpc) is 2.32. The van der Waals surface area contributed by atoms with Crippen molar-refractivity contribution in [3.05, 3.63) is 11.6 Å². The third-order valence-electron chi connectivity index (χ3n) is 1.95. The van der Waals surface area contributed by atoms with Gasteiger partial charge < -0.3 is 0 Å². The summed E-state index contributed by atoms with van der Waals surface area (Å²) in [5, 5.41) is 0. The van der Waals surface area contributed by atoms with Gasteiger partial charge in [0.2, 0.25) is 0 Å². The van der Waals surface area contributed by atoms with Crippen LogP contribution in [0.4, 0.5) is 0 Å². The summed E-state index contributed by atoms with van der Waals surface area (Å²) in [7, 11) is 0. The lowest BCUT2D eigenvalue weighted by Gasteiger charge is -2.16. The van der Waals surface area contributed by atoms with Crippen LogP contribution in [0.3, 0.4) is 0 Å². The van der Waals surface area contributed by atoms with Gasteiger partial charge in [-0.05, 0) is 18.1 Å². The highest BCUT2D eigenvalue weighted by molar-refractivity contribution is 6.08. The normalized spacial score (nSPS) is 17.9. The minimum atomic E-state index is -0.351. The van der Waals surface area contributed by atoms with Gasteiger partial charge in [0.25, 0.3) is 0 Å². The van der Waals surface area contributed by atoms with Crippen LogP contribution < -0.4 is 0 Å². The van der Waals surface area contributed by atoms with E-state index in [9.17, 15) is 9.59 Å². The van der Waals surface area contributed by atoms with Crippen LogP contribution in [0, 0.1) is 5.41 Å². The zero-order valence-corrected chi connectivity index (χ0v) is 7.81. The Morgan fingerprint density at radius 1 is 1.33 bits per heavy atom. The molecule has 0 aromatic rings. The fourth-order valence-corrected chi connectivity index (χ4v) is 1.26. The molecule has 0 heterocycles. The molecule has 66 valence electrons. The minimum Gasteiger partial charge on any atom is -0.295 e. The van der Waals surface area contributed by atoms with Crippen molar-refractivity contribution in [2.24, 2.45) is 5.41 Å². The highest BCUT2D eigenvalue weighted by Crippen LogP contribution is 2.25. The molecule has 1 aliphatic rings. The summed E-state index contributed by atoms with van der Waals surface area (Å²) >= 11 is 0. The number of hydrogen-bond donors (Lipinski definition) is 0.